The summed E-state index contributed by atoms with van der Waals surface area (Å²) in [6.45, 7) is 1.99. The summed E-state index contributed by atoms with van der Waals surface area (Å²) in [5.41, 5.74) is 0.235. The number of benzene rings is 1. The molecule has 0 aliphatic carbocycles. The summed E-state index contributed by atoms with van der Waals surface area (Å²) in [5, 5.41) is 9.33. The number of hydrogen-bond acceptors (Lipinski definition) is 2. The summed E-state index contributed by atoms with van der Waals surface area (Å²) in [6.07, 6.45) is 1.74. The van der Waals surface area contributed by atoms with Gasteiger partial charge in [-0.25, -0.2) is 9.18 Å². The molecule has 0 radical (unpaired) electrons. The van der Waals surface area contributed by atoms with E-state index >= 15 is 0 Å². The fourth-order valence-corrected chi connectivity index (χ4v) is 2.88. The molecule has 0 spiro atoms. The minimum absolute atomic E-state index is 0.111. The van der Waals surface area contributed by atoms with Crippen LogP contribution >= 0.6 is 0 Å². The number of nitrogens with zero attached hydrogens (tertiary/aromatic N) is 1. The molecule has 1 aliphatic rings. The second-order valence-corrected chi connectivity index (χ2v) is 5.10. The Morgan fingerprint density at radius 1 is 1.40 bits per heavy atom. The number of rotatable bonds is 4. The van der Waals surface area contributed by atoms with Crippen LogP contribution in [0.1, 0.15) is 43.0 Å². The molecule has 2 atom stereocenters. The summed E-state index contributed by atoms with van der Waals surface area (Å²) < 4.78 is 13.2. The smallest absolute Gasteiger partial charge is 0.408 e. The van der Waals surface area contributed by atoms with E-state index in [2.05, 4.69) is 0 Å². The molecule has 1 heterocycles. The van der Waals surface area contributed by atoms with Crippen LogP contribution in [0.2, 0.25) is 0 Å². The van der Waals surface area contributed by atoms with Gasteiger partial charge in [0.1, 0.15) is 5.82 Å². The Balaban J connectivity index is 2.23. The van der Waals surface area contributed by atoms with Gasteiger partial charge in [-0.3, -0.25) is 9.69 Å². The van der Waals surface area contributed by atoms with Crippen LogP contribution in [0.25, 0.3) is 0 Å². The minimum Gasteiger partial charge on any atom is -0.465 e. The average Bonchev–Trinajstić information content (AvgIpc) is 2.82. The number of hydrogen-bond donors (Lipinski definition) is 1. The highest BCUT2D eigenvalue weighted by molar-refractivity contribution is 6.01. The minimum atomic E-state index is -1.07. The Bertz CT molecular complexity index is 518. The molecule has 1 amide bonds. The molecule has 2 rings (SSSR count). The van der Waals surface area contributed by atoms with Gasteiger partial charge in [0, 0.05) is 11.6 Å². The van der Waals surface area contributed by atoms with Crippen molar-refractivity contribution >= 4 is 11.9 Å². The van der Waals surface area contributed by atoms with E-state index in [4.69, 9.17) is 0 Å². The summed E-state index contributed by atoms with van der Waals surface area (Å²) in [6, 6.07) is 4.62. The van der Waals surface area contributed by atoms with Crippen LogP contribution in [0.3, 0.4) is 0 Å². The molecule has 1 N–H and O–H groups in total. The normalized spacial score (nSPS) is 22.0. The molecule has 0 aromatic heterocycles. The fourth-order valence-electron chi connectivity index (χ4n) is 2.88. The molecule has 1 saturated heterocycles. The van der Waals surface area contributed by atoms with Crippen molar-refractivity contribution in [2.45, 2.75) is 44.7 Å². The predicted molar refractivity (Wildman–Crippen MR) is 72.3 cm³/mol. The summed E-state index contributed by atoms with van der Waals surface area (Å²) in [7, 11) is 0. The van der Waals surface area contributed by atoms with E-state index in [1.54, 1.807) is 0 Å². The van der Waals surface area contributed by atoms with Gasteiger partial charge in [-0.15, -0.1) is 0 Å². The van der Waals surface area contributed by atoms with Gasteiger partial charge in [-0.05, 0) is 31.4 Å². The van der Waals surface area contributed by atoms with Crippen LogP contribution in [0, 0.1) is 5.82 Å². The SMILES string of the molecule is CCC[C@H]1CC[C@@H](C(=O)c2cccc(F)c2)N1C(=O)O. The molecule has 1 fully saturated rings. The number of Topliss-reactive ketones (excluding diaryl/α,β-unsaturated/α-hetero) is 1. The van der Waals surface area contributed by atoms with Gasteiger partial charge in [-0.2, -0.15) is 0 Å². The Labute approximate surface area is 117 Å². The molecular weight excluding hydrogens is 261 g/mol. The number of ketones is 1. The van der Waals surface area contributed by atoms with Crippen LogP contribution in [-0.2, 0) is 0 Å². The highest BCUT2D eigenvalue weighted by Gasteiger charge is 2.40. The second kappa shape index (κ2) is 6.03. The van der Waals surface area contributed by atoms with Crippen LogP contribution in [0.5, 0.6) is 0 Å². The lowest BCUT2D eigenvalue weighted by molar-refractivity contribution is 0.0793. The molecule has 1 aliphatic heterocycles. The molecule has 1 aromatic carbocycles. The standard InChI is InChI=1S/C15H18FNO3/c1-2-4-12-7-8-13(17(12)15(19)20)14(18)10-5-3-6-11(16)9-10/h3,5-6,9,12-13H,2,4,7-8H2,1H3,(H,19,20)/t12-,13-/m0/s1. The van der Waals surface area contributed by atoms with Crippen LogP contribution in [-0.4, -0.2) is 34.0 Å². The third kappa shape index (κ3) is 2.81. The van der Waals surface area contributed by atoms with E-state index in [-0.39, 0.29) is 17.4 Å². The summed E-state index contributed by atoms with van der Waals surface area (Å²) >= 11 is 0. The molecule has 0 bridgehead atoms. The number of carboxylic acid groups (broad SMARTS) is 1. The number of carbonyl (C=O) groups is 2. The predicted octanol–water partition coefficient (Wildman–Crippen LogP) is 3.32. The zero-order chi connectivity index (χ0) is 14.7. The number of carbonyl (C=O) groups excluding carboxylic acids is 1. The van der Waals surface area contributed by atoms with Crippen molar-refractivity contribution in [3.8, 4) is 0 Å². The molecular formula is C15H18FNO3. The maximum absolute atomic E-state index is 13.2. The highest BCUT2D eigenvalue weighted by Crippen LogP contribution is 2.29. The molecule has 0 saturated carbocycles. The Hall–Kier alpha value is -1.91. The lowest BCUT2D eigenvalue weighted by Gasteiger charge is -2.26. The Kier molecular flexibility index (Phi) is 4.37. The van der Waals surface area contributed by atoms with Crippen molar-refractivity contribution in [2.75, 3.05) is 0 Å². The van der Waals surface area contributed by atoms with Crippen molar-refractivity contribution in [1.82, 2.24) is 4.90 Å². The molecule has 0 unspecified atom stereocenters. The largest absolute Gasteiger partial charge is 0.465 e. The Morgan fingerprint density at radius 3 is 2.75 bits per heavy atom. The summed E-state index contributed by atoms with van der Waals surface area (Å²) in [4.78, 5) is 25.0. The number of likely N-dealkylation sites (tertiary alicyclic amines) is 1. The van der Waals surface area contributed by atoms with E-state index in [0.29, 0.717) is 12.8 Å². The lowest BCUT2D eigenvalue weighted by atomic mass is 10.0. The first-order valence-corrected chi connectivity index (χ1v) is 6.85. The van der Waals surface area contributed by atoms with Gasteiger partial charge >= 0.3 is 6.09 Å². The molecule has 108 valence electrons. The first-order chi connectivity index (χ1) is 9.54. The van der Waals surface area contributed by atoms with Crippen molar-refractivity contribution in [1.29, 1.82) is 0 Å². The highest BCUT2D eigenvalue weighted by atomic mass is 19.1. The summed E-state index contributed by atoms with van der Waals surface area (Å²) in [5.74, 6) is -0.800. The third-order valence-corrected chi connectivity index (χ3v) is 3.76. The molecule has 5 heteroatoms. The van der Waals surface area contributed by atoms with E-state index < -0.39 is 18.0 Å². The van der Waals surface area contributed by atoms with Gasteiger partial charge in [0.2, 0.25) is 0 Å². The average molecular weight is 279 g/mol. The van der Waals surface area contributed by atoms with Gasteiger partial charge in [0.15, 0.2) is 5.78 Å². The quantitative estimate of drug-likeness (QED) is 0.860. The van der Waals surface area contributed by atoms with Gasteiger partial charge < -0.3 is 5.11 Å². The second-order valence-electron chi connectivity index (χ2n) is 5.10. The number of amides is 1. The van der Waals surface area contributed by atoms with Crippen LogP contribution in [0.4, 0.5) is 9.18 Å². The van der Waals surface area contributed by atoms with Crippen molar-refractivity contribution < 1.29 is 19.1 Å². The molecule has 1 aromatic rings. The van der Waals surface area contributed by atoms with Gasteiger partial charge in [0.05, 0.1) is 6.04 Å². The maximum atomic E-state index is 13.2. The van der Waals surface area contributed by atoms with Crippen LogP contribution in [0.15, 0.2) is 24.3 Å². The van der Waals surface area contributed by atoms with Crippen molar-refractivity contribution in [3.05, 3.63) is 35.6 Å². The van der Waals surface area contributed by atoms with Crippen LogP contribution < -0.4 is 0 Å². The number of halogens is 1. The maximum Gasteiger partial charge on any atom is 0.408 e. The van der Waals surface area contributed by atoms with Gasteiger partial charge in [0.25, 0.3) is 0 Å². The van der Waals surface area contributed by atoms with E-state index in [0.717, 1.165) is 18.9 Å². The monoisotopic (exact) mass is 279 g/mol. The zero-order valence-corrected chi connectivity index (χ0v) is 11.4. The van der Waals surface area contributed by atoms with Crippen molar-refractivity contribution in [2.24, 2.45) is 0 Å². The Morgan fingerprint density at radius 2 is 2.15 bits per heavy atom. The first-order valence-electron chi connectivity index (χ1n) is 6.85. The molecule has 20 heavy (non-hydrogen) atoms. The van der Waals surface area contributed by atoms with E-state index in [9.17, 15) is 19.1 Å². The van der Waals surface area contributed by atoms with E-state index in [1.807, 2.05) is 6.92 Å². The first kappa shape index (κ1) is 14.5. The lowest BCUT2D eigenvalue weighted by Crippen LogP contribution is -2.44. The molecule has 4 nitrogen and oxygen atoms in total. The van der Waals surface area contributed by atoms with Gasteiger partial charge in [-0.1, -0.05) is 25.5 Å². The van der Waals surface area contributed by atoms with E-state index in [1.165, 1.54) is 23.1 Å². The van der Waals surface area contributed by atoms with Crippen molar-refractivity contribution in [3.63, 3.8) is 0 Å². The third-order valence-electron chi connectivity index (χ3n) is 3.76. The zero-order valence-electron chi connectivity index (χ0n) is 11.4. The fraction of sp³-hybridized carbons (Fsp3) is 0.467. The topological polar surface area (TPSA) is 57.6 Å².